The van der Waals surface area contributed by atoms with Crippen LogP contribution in [0.1, 0.15) is 51.1 Å². The summed E-state index contributed by atoms with van der Waals surface area (Å²) >= 11 is 0. The van der Waals surface area contributed by atoms with Gasteiger partial charge >= 0.3 is 5.97 Å². The molecule has 4 heteroatoms. The van der Waals surface area contributed by atoms with E-state index < -0.39 is 5.97 Å². The third-order valence-corrected chi connectivity index (χ3v) is 5.11. The summed E-state index contributed by atoms with van der Waals surface area (Å²) in [6.07, 6.45) is 3.54. The molecule has 1 aliphatic carbocycles. The molecule has 23 heavy (non-hydrogen) atoms. The van der Waals surface area contributed by atoms with Crippen LogP contribution in [0.5, 0.6) is 0 Å². The minimum atomic E-state index is -0.631. The molecule has 1 atom stereocenters. The maximum absolute atomic E-state index is 11.1. The fourth-order valence-corrected chi connectivity index (χ4v) is 3.62. The molecular formula is C19H30N2O2. The smallest absolute Gasteiger partial charge is 0.306 e. The number of carbonyl (C=O) groups is 1. The standard InChI is InChI=1S/C19H30N2O2/c1-3-21(4-2)18(15-8-6-5-7-9-15)14-20-17-12-10-16(11-13-17)19(22)23/h5-9,16-18,20H,3-4,10-14H2,1-2H3,(H,22,23). The number of likely N-dealkylation sites (N-methyl/N-ethyl adjacent to an activating group) is 1. The van der Waals surface area contributed by atoms with Crippen molar-refractivity contribution >= 4 is 5.97 Å². The van der Waals surface area contributed by atoms with Gasteiger partial charge in [-0.3, -0.25) is 9.69 Å². The average molecular weight is 318 g/mol. The first-order chi connectivity index (χ1) is 11.2. The number of hydrogen-bond donors (Lipinski definition) is 2. The Morgan fingerprint density at radius 3 is 2.30 bits per heavy atom. The number of hydrogen-bond acceptors (Lipinski definition) is 3. The first kappa shape index (κ1) is 18.0. The van der Waals surface area contributed by atoms with E-state index in [1.165, 1.54) is 5.56 Å². The fraction of sp³-hybridized carbons (Fsp3) is 0.632. The number of nitrogens with zero attached hydrogens (tertiary/aromatic N) is 1. The minimum absolute atomic E-state index is 0.138. The summed E-state index contributed by atoms with van der Waals surface area (Å²) in [7, 11) is 0. The summed E-state index contributed by atoms with van der Waals surface area (Å²) in [6.45, 7) is 7.40. The molecule has 1 aliphatic rings. The van der Waals surface area contributed by atoms with Crippen molar-refractivity contribution in [1.82, 2.24) is 10.2 Å². The third kappa shape index (κ3) is 5.05. The molecule has 1 aromatic rings. The third-order valence-electron chi connectivity index (χ3n) is 5.11. The van der Waals surface area contributed by atoms with Crippen molar-refractivity contribution in [2.75, 3.05) is 19.6 Å². The van der Waals surface area contributed by atoms with E-state index in [0.717, 1.165) is 45.3 Å². The van der Waals surface area contributed by atoms with E-state index in [1.54, 1.807) is 0 Å². The highest BCUT2D eigenvalue weighted by Crippen LogP contribution is 2.26. The molecule has 2 rings (SSSR count). The molecule has 0 saturated heterocycles. The Hall–Kier alpha value is -1.39. The number of benzene rings is 1. The highest BCUT2D eigenvalue weighted by Gasteiger charge is 2.26. The molecule has 1 fully saturated rings. The predicted molar refractivity (Wildman–Crippen MR) is 93.5 cm³/mol. The second-order valence-corrected chi connectivity index (χ2v) is 6.44. The van der Waals surface area contributed by atoms with Gasteiger partial charge in [-0.2, -0.15) is 0 Å². The summed E-state index contributed by atoms with van der Waals surface area (Å²) in [4.78, 5) is 13.5. The molecule has 4 nitrogen and oxygen atoms in total. The Bertz CT molecular complexity index is 466. The van der Waals surface area contributed by atoms with E-state index in [1.807, 2.05) is 0 Å². The Balaban J connectivity index is 1.93. The number of carboxylic acids is 1. The van der Waals surface area contributed by atoms with Crippen molar-refractivity contribution in [3.8, 4) is 0 Å². The van der Waals surface area contributed by atoms with Gasteiger partial charge in [-0.15, -0.1) is 0 Å². The van der Waals surface area contributed by atoms with Gasteiger partial charge in [-0.05, 0) is 44.3 Å². The van der Waals surface area contributed by atoms with Crippen LogP contribution in [-0.4, -0.2) is 41.7 Å². The Labute approximate surface area is 139 Å². The van der Waals surface area contributed by atoms with Crippen LogP contribution in [-0.2, 0) is 4.79 Å². The van der Waals surface area contributed by atoms with Crippen LogP contribution >= 0.6 is 0 Å². The van der Waals surface area contributed by atoms with Crippen molar-refractivity contribution in [1.29, 1.82) is 0 Å². The molecule has 1 unspecified atom stereocenters. The van der Waals surface area contributed by atoms with Gasteiger partial charge in [0.1, 0.15) is 0 Å². The van der Waals surface area contributed by atoms with E-state index in [-0.39, 0.29) is 5.92 Å². The first-order valence-electron chi connectivity index (χ1n) is 8.90. The second-order valence-electron chi connectivity index (χ2n) is 6.44. The summed E-state index contributed by atoms with van der Waals surface area (Å²) in [5, 5.41) is 12.8. The Morgan fingerprint density at radius 1 is 1.17 bits per heavy atom. The lowest BCUT2D eigenvalue weighted by atomic mass is 9.86. The molecule has 0 radical (unpaired) electrons. The second kappa shape index (κ2) is 9.04. The van der Waals surface area contributed by atoms with Gasteiger partial charge in [-0.25, -0.2) is 0 Å². The topological polar surface area (TPSA) is 52.6 Å². The Morgan fingerprint density at radius 2 is 1.78 bits per heavy atom. The lowest BCUT2D eigenvalue weighted by Gasteiger charge is -2.33. The first-order valence-corrected chi connectivity index (χ1v) is 8.90. The summed E-state index contributed by atoms with van der Waals surface area (Å²) < 4.78 is 0. The zero-order chi connectivity index (χ0) is 16.7. The molecule has 128 valence electrons. The van der Waals surface area contributed by atoms with E-state index in [0.29, 0.717) is 12.1 Å². The van der Waals surface area contributed by atoms with E-state index in [9.17, 15) is 4.79 Å². The molecule has 1 aromatic carbocycles. The van der Waals surface area contributed by atoms with Crippen molar-refractivity contribution < 1.29 is 9.90 Å². The maximum atomic E-state index is 11.1. The number of rotatable bonds is 8. The number of carboxylic acid groups (broad SMARTS) is 1. The lowest BCUT2D eigenvalue weighted by Crippen LogP contribution is -2.41. The molecule has 0 spiro atoms. The van der Waals surface area contributed by atoms with Crippen molar-refractivity contribution in [2.45, 2.75) is 51.6 Å². The van der Waals surface area contributed by atoms with Crippen LogP contribution in [0.3, 0.4) is 0 Å². The van der Waals surface area contributed by atoms with Gasteiger partial charge < -0.3 is 10.4 Å². The molecule has 1 saturated carbocycles. The van der Waals surface area contributed by atoms with Crippen LogP contribution in [0.25, 0.3) is 0 Å². The number of aliphatic carboxylic acids is 1. The summed E-state index contributed by atoms with van der Waals surface area (Å²) in [5.41, 5.74) is 1.35. The zero-order valence-electron chi connectivity index (χ0n) is 14.4. The molecule has 0 heterocycles. The monoisotopic (exact) mass is 318 g/mol. The molecule has 0 bridgehead atoms. The lowest BCUT2D eigenvalue weighted by molar-refractivity contribution is -0.142. The van der Waals surface area contributed by atoms with Crippen molar-refractivity contribution in [3.63, 3.8) is 0 Å². The van der Waals surface area contributed by atoms with E-state index in [4.69, 9.17) is 5.11 Å². The van der Waals surface area contributed by atoms with Crippen LogP contribution in [0.4, 0.5) is 0 Å². The molecular weight excluding hydrogens is 288 g/mol. The van der Waals surface area contributed by atoms with E-state index >= 15 is 0 Å². The molecule has 2 N–H and O–H groups in total. The van der Waals surface area contributed by atoms with Gasteiger partial charge in [0.05, 0.1) is 5.92 Å². The molecule has 0 amide bonds. The normalized spacial score (nSPS) is 22.9. The van der Waals surface area contributed by atoms with Gasteiger partial charge in [0.2, 0.25) is 0 Å². The largest absolute Gasteiger partial charge is 0.481 e. The predicted octanol–water partition coefficient (Wildman–Crippen LogP) is 3.30. The van der Waals surface area contributed by atoms with Gasteiger partial charge in [0, 0.05) is 18.6 Å². The van der Waals surface area contributed by atoms with Crippen LogP contribution < -0.4 is 5.32 Å². The van der Waals surface area contributed by atoms with Gasteiger partial charge in [0.25, 0.3) is 0 Å². The summed E-state index contributed by atoms with van der Waals surface area (Å²) in [6, 6.07) is 11.5. The molecule has 0 aliphatic heterocycles. The van der Waals surface area contributed by atoms with Crippen molar-refractivity contribution in [2.24, 2.45) is 5.92 Å². The maximum Gasteiger partial charge on any atom is 0.306 e. The molecule has 0 aromatic heterocycles. The quantitative estimate of drug-likeness (QED) is 0.772. The van der Waals surface area contributed by atoms with Gasteiger partial charge in [-0.1, -0.05) is 44.2 Å². The van der Waals surface area contributed by atoms with Crippen molar-refractivity contribution in [3.05, 3.63) is 35.9 Å². The number of nitrogens with one attached hydrogen (secondary N) is 1. The van der Waals surface area contributed by atoms with Crippen LogP contribution in [0.15, 0.2) is 30.3 Å². The SMILES string of the molecule is CCN(CC)C(CNC1CCC(C(=O)O)CC1)c1ccccc1. The van der Waals surface area contributed by atoms with Gasteiger partial charge in [0.15, 0.2) is 0 Å². The van der Waals surface area contributed by atoms with Crippen LogP contribution in [0, 0.1) is 5.92 Å². The fourth-order valence-electron chi connectivity index (χ4n) is 3.62. The minimum Gasteiger partial charge on any atom is -0.481 e. The highest BCUT2D eigenvalue weighted by molar-refractivity contribution is 5.70. The Kier molecular flexibility index (Phi) is 7.06. The summed E-state index contributed by atoms with van der Waals surface area (Å²) in [5.74, 6) is -0.769. The van der Waals surface area contributed by atoms with Crippen LogP contribution in [0.2, 0.25) is 0 Å². The highest BCUT2D eigenvalue weighted by atomic mass is 16.4. The zero-order valence-corrected chi connectivity index (χ0v) is 14.4. The van der Waals surface area contributed by atoms with E-state index in [2.05, 4.69) is 54.4 Å². The average Bonchev–Trinajstić information content (AvgIpc) is 2.59.